The van der Waals surface area contributed by atoms with E-state index in [1.807, 2.05) is 6.07 Å². The summed E-state index contributed by atoms with van der Waals surface area (Å²) >= 11 is 0. The fraction of sp³-hybridized carbons (Fsp3) is 0.500. The van der Waals surface area contributed by atoms with Gasteiger partial charge in [-0.1, -0.05) is 18.2 Å². The number of H-pyrrole nitrogens is 1. The van der Waals surface area contributed by atoms with E-state index in [4.69, 9.17) is 0 Å². The van der Waals surface area contributed by atoms with Crippen LogP contribution in [0.1, 0.15) is 45.1 Å². The minimum Gasteiger partial charge on any atom is -0.361 e. The molecule has 1 amide bonds. The first-order chi connectivity index (χ1) is 10.2. The summed E-state index contributed by atoms with van der Waals surface area (Å²) in [6.07, 6.45) is 7.01. The number of hydrogen-bond acceptors (Lipinski definition) is 1. The van der Waals surface area contributed by atoms with Crippen LogP contribution in [-0.2, 0) is 11.2 Å². The molecule has 0 saturated heterocycles. The summed E-state index contributed by atoms with van der Waals surface area (Å²) in [5.74, 6) is 0.326. The zero-order valence-electron chi connectivity index (χ0n) is 12.9. The Kier molecular flexibility index (Phi) is 4.00. The zero-order chi connectivity index (χ0) is 14.8. The fourth-order valence-corrected chi connectivity index (χ4v) is 3.16. The molecule has 1 aliphatic rings. The summed E-state index contributed by atoms with van der Waals surface area (Å²) < 4.78 is 0. The van der Waals surface area contributed by atoms with E-state index < -0.39 is 0 Å². The van der Waals surface area contributed by atoms with Gasteiger partial charge in [-0.2, -0.15) is 0 Å². The van der Waals surface area contributed by atoms with Gasteiger partial charge in [0.2, 0.25) is 5.91 Å². The molecule has 3 nitrogen and oxygen atoms in total. The first-order valence-electron chi connectivity index (χ1n) is 8.03. The lowest BCUT2D eigenvalue weighted by atomic mass is 10.1. The van der Waals surface area contributed by atoms with E-state index in [2.05, 4.69) is 48.1 Å². The number of hydrogen-bond donors (Lipinski definition) is 1. The van der Waals surface area contributed by atoms with Crippen molar-refractivity contribution in [2.75, 3.05) is 0 Å². The molecule has 0 radical (unpaired) electrons. The highest BCUT2D eigenvalue weighted by atomic mass is 16.2. The van der Waals surface area contributed by atoms with Gasteiger partial charge in [-0.25, -0.2) is 0 Å². The zero-order valence-corrected chi connectivity index (χ0v) is 12.9. The molecule has 1 aromatic heterocycles. The smallest absolute Gasteiger partial charge is 0.223 e. The molecule has 0 spiro atoms. The number of para-hydroxylation sites is 1. The molecule has 21 heavy (non-hydrogen) atoms. The van der Waals surface area contributed by atoms with Crippen LogP contribution in [0.5, 0.6) is 0 Å². The standard InChI is InChI=1S/C18H24N2O/c1-13(2)20(15-10-11-15)18(21)9-5-6-14-12-19-17-8-4-3-7-16(14)17/h3-4,7-8,12-13,15,19H,5-6,9-11H2,1-2H3. The van der Waals surface area contributed by atoms with Crippen molar-refractivity contribution in [3.8, 4) is 0 Å². The highest BCUT2D eigenvalue weighted by molar-refractivity contribution is 5.83. The summed E-state index contributed by atoms with van der Waals surface area (Å²) in [6.45, 7) is 4.24. The molecule has 1 saturated carbocycles. The number of rotatable bonds is 6. The topological polar surface area (TPSA) is 36.1 Å². The summed E-state index contributed by atoms with van der Waals surface area (Å²) in [6, 6.07) is 9.20. The minimum atomic E-state index is 0.326. The number of carbonyl (C=O) groups is 1. The van der Waals surface area contributed by atoms with Crippen molar-refractivity contribution in [2.45, 2.75) is 58.0 Å². The number of aromatic amines is 1. The molecule has 1 fully saturated rings. The van der Waals surface area contributed by atoms with Crippen molar-refractivity contribution in [3.05, 3.63) is 36.0 Å². The average molecular weight is 284 g/mol. The molecule has 0 atom stereocenters. The van der Waals surface area contributed by atoms with Gasteiger partial charge in [0.1, 0.15) is 0 Å². The maximum absolute atomic E-state index is 12.4. The van der Waals surface area contributed by atoms with Crippen LogP contribution in [0.3, 0.4) is 0 Å². The molecular weight excluding hydrogens is 260 g/mol. The minimum absolute atomic E-state index is 0.326. The molecule has 0 bridgehead atoms. The van der Waals surface area contributed by atoms with Gasteiger partial charge in [0.25, 0.3) is 0 Å². The maximum Gasteiger partial charge on any atom is 0.223 e. The van der Waals surface area contributed by atoms with Gasteiger partial charge in [0.05, 0.1) is 0 Å². The van der Waals surface area contributed by atoms with Crippen LogP contribution in [-0.4, -0.2) is 27.9 Å². The van der Waals surface area contributed by atoms with Crippen molar-refractivity contribution >= 4 is 16.8 Å². The number of fused-ring (bicyclic) bond motifs is 1. The second kappa shape index (κ2) is 5.92. The Hall–Kier alpha value is -1.77. The van der Waals surface area contributed by atoms with Crippen molar-refractivity contribution < 1.29 is 4.79 Å². The fourth-order valence-electron chi connectivity index (χ4n) is 3.16. The van der Waals surface area contributed by atoms with Gasteiger partial charge < -0.3 is 9.88 Å². The Morgan fingerprint density at radius 1 is 1.33 bits per heavy atom. The van der Waals surface area contributed by atoms with Crippen LogP contribution in [0.4, 0.5) is 0 Å². The van der Waals surface area contributed by atoms with Crippen LogP contribution < -0.4 is 0 Å². The predicted octanol–water partition coefficient (Wildman–Crippen LogP) is 3.89. The summed E-state index contributed by atoms with van der Waals surface area (Å²) in [4.78, 5) is 17.8. The Morgan fingerprint density at radius 3 is 2.81 bits per heavy atom. The van der Waals surface area contributed by atoms with Gasteiger partial charge in [0, 0.05) is 35.6 Å². The van der Waals surface area contributed by atoms with Crippen molar-refractivity contribution in [3.63, 3.8) is 0 Å². The Balaban J connectivity index is 1.57. The van der Waals surface area contributed by atoms with Crippen molar-refractivity contribution in [1.82, 2.24) is 9.88 Å². The number of benzene rings is 1. The highest BCUT2D eigenvalue weighted by Crippen LogP contribution is 2.29. The van der Waals surface area contributed by atoms with Crippen LogP contribution in [0.25, 0.3) is 10.9 Å². The van der Waals surface area contributed by atoms with Gasteiger partial charge in [-0.15, -0.1) is 0 Å². The molecule has 0 unspecified atom stereocenters. The van der Waals surface area contributed by atoms with Crippen LogP contribution >= 0.6 is 0 Å². The van der Waals surface area contributed by atoms with Crippen LogP contribution in [0.15, 0.2) is 30.5 Å². The molecule has 1 N–H and O–H groups in total. The number of nitrogens with zero attached hydrogens (tertiary/aromatic N) is 1. The Labute approximate surface area is 126 Å². The van der Waals surface area contributed by atoms with Gasteiger partial charge in [-0.05, 0) is 51.2 Å². The van der Waals surface area contributed by atoms with E-state index in [0.29, 0.717) is 24.4 Å². The third kappa shape index (κ3) is 3.12. The van der Waals surface area contributed by atoms with Crippen LogP contribution in [0.2, 0.25) is 0 Å². The summed E-state index contributed by atoms with van der Waals surface area (Å²) in [7, 11) is 0. The maximum atomic E-state index is 12.4. The molecule has 2 aromatic rings. The third-order valence-corrected chi connectivity index (χ3v) is 4.30. The second-order valence-corrected chi connectivity index (χ2v) is 6.34. The first kappa shape index (κ1) is 14.2. The molecule has 0 aliphatic heterocycles. The molecule has 3 rings (SSSR count). The van der Waals surface area contributed by atoms with E-state index in [1.54, 1.807) is 0 Å². The SMILES string of the molecule is CC(C)N(C(=O)CCCc1c[nH]c2ccccc12)C1CC1. The molecule has 112 valence electrons. The Bertz CT molecular complexity index is 623. The van der Waals surface area contributed by atoms with Gasteiger partial charge in [-0.3, -0.25) is 4.79 Å². The molecular formula is C18H24N2O. The monoisotopic (exact) mass is 284 g/mol. The van der Waals surface area contributed by atoms with Crippen molar-refractivity contribution in [1.29, 1.82) is 0 Å². The predicted molar refractivity (Wildman–Crippen MR) is 86.2 cm³/mol. The number of aromatic nitrogens is 1. The normalized spacial score (nSPS) is 14.8. The van der Waals surface area contributed by atoms with Crippen molar-refractivity contribution in [2.24, 2.45) is 0 Å². The lowest BCUT2D eigenvalue weighted by Crippen LogP contribution is -2.38. The second-order valence-electron chi connectivity index (χ2n) is 6.34. The molecule has 1 aromatic carbocycles. The summed E-state index contributed by atoms with van der Waals surface area (Å²) in [5, 5.41) is 1.29. The lowest BCUT2D eigenvalue weighted by Gasteiger charge is -2.26. The average Bonchev–Trinajstić information content (AvgIpc) is 3.19. The molecule has 1 heterocycles. The molecule has 1 aliphatic carbocycles. The van der Waals surface area contributed by atoms with E-state index in [1.165, 1.54) is 29.3 Å². The van der Waals surface area contributed by atoms with Gasteiger partial charge in [0.15, 0.2) is 0 Å². The first-order valence-corrected chi connectivity index (χ1v) is 8.03. The third-order valence-electron chi connectivity index (χ3n) is 4.30. The molecule has 3 heteroatoms. The number of aryl methyl sites for hydroxylation is 1. The Morgan fingerprint density at radius 2 is 2.10 bits per heavy atom. The lowest BCUT2D eigenvalue weighted by molar-refractivity contribution is -0.133. The van der Waals surface area contributed by atoms with E-state index >= 15 is 0 Å². The largest absolute Gasteiger partial charge is 0.361 e. The number of amides is 1. The highest BCUT2D eigenvalue weighted by Gasteiger charge is 2.33. The number of nitrogens with one attached hydrogen (secondary N) is 1. The van der Waals surface area contributed by atoms with Gasteiger partial charge >= 0.3 is 0 Å². The van der Waals surface area contributed by atoms with E-state index in [9.17, 15) is 4.79 Å². The van der Waals surface area contributed by atoms with Crippen LogP contribution in [0, 0.1) is 0 Å². The summed E-state index contributed by atoms with van der Waals surface area (Å²) in [5.41, 5.74) is 2.50. The van der Waals surface area contributed by atoms with E-state index in [0.717, 1.165) is 12.8 Å². The van der Waals surface area contributed by atoms with E-state index in [-0.39, 0.29) is 0 Å². The number of carbonyl (C=O) groups excluding carboxylic acids is 1. The quantitative estimate of drug-likeness (QED) is 0.858.